The van der Waals surface area contributed by atoms with Crippen molar-refractivity contribution in [1.29, 1.82) is 0 Å². The van der Waals surface area contributed by atoms with Crippen LogP contribution in [0.5, 0.6) is 0 Å². The number of carbonyl (C=O) groups is 3. The minimum absolute atomic E-state index is 0.00201. The molecule has 2 fully saturated rings. The number of hydrogen-bond donors (Lipinski definition) is 2. The Bertz CT molecular complexity index is 888. The smallest absolute Gasteiger partial charge is 0.343 e. The molecule has 1 aromatic rings. The number of aromatic nitrogens is 1. The van der Waals surface area contributed by atoms with E-state index in [1.54, 1.807) is 11.8 Å². The molecular weight excluding hydrogens is 415 g/mol. The lowest BCUT2D eigenvalue weighted by atomic mass is 10.1. The molecule has 30 heavy (non-hydrogen) atoms. The highest BCUT2D eigenvalue weighted by atomic mass is 35.5. The predicted molar refractivity (Wildman–Crippen MR) is 109 cm³/mol. The van der Waals surface area contributed by atoms with Crippen LogP contribution in [-0.4, -0.2) is 54.4 Å². The van der Waals surface area contributed by atoms with Gasteiger partial charge in [0.2, 0.25) is 11.7 Å². The van der Waals surface area contributed by atoms with Gasteiger partial charge in [-0.2, -0.15) is 0 Å². The van der Waals surface area contributed by atoms with Gasteiger partial charge in [0.05, 0.1) is 12.2 Å². The van der Waals surface area contributed by atoms with Gasteiger partial charge in [0.1, 0.15) is 10.7 Å². The third kappa shape index (κ3) is 5.27. The van der Waals surface area contributed by atoms with Gasteiger partial charge in [0.15, 0.2) is 11.6 Å². The number of anilines is 1. The van der Waals surface area contributed by atoms with E-state index < -0.39 is 17.6 Å². The van der Waals surface area contributed by atoms with Crippen LogP contribution in [0.25, 0.3) is 0 Å². The minimum Gasteiger partial charge on any atom is -0.462 e. The molecule has 0 aromatic carbocycles. The molecule has 1 saturated heterocycles. The van der Waals surface area contributed by atoms with Crippen molar-refractivity contribution in [2.75, 3.05) is 24.6 Å². The van der Waals surface area contributed by atoms with Crippen LogP contribution in [0, 0.1) is 5.82 Å². The van der Waals surface area contributed by atoms with Crippen molar-refractivity contribution in [1.82, 2.24) is 15.6 Å². The highest BCUT2D eigenvalue weighted by molar-refractivity contribution is 6.36. The standard InChI is InChI=1S/C20H24ClFN4O4/c1-3-30-20(29)15(9-23-12-4-5-12)17(28)14-8-16(22)19(25-18(14)21)26-7-6-13(10-26)24-11(2)27/h8-9,12-13,23H,3-7,10H2,1-2H3,(H,24,27). The van der Waals surface area contributed by atoms with Crippen molar-refractivity contribution in [3.63, 3.8) is 0 Å². The molecule has 3 rings (SSSR count). The maximum Gasteiger partial charge on any atom is 0.343 e. The summed E-state index contributed by atoms with van der Waals surface area (Å²) in [6.45, 7) is 4.01. The van der Waals surface area contributed by atoms with E-state index in [1.807, 2.05) is 0 Å². The molecule has 0 radical (unpaired) electrons. The Hall–Kier alpha value is -2.68. The number of amides is 1. The Labute approximate surface area is 178 Å². The van der Waals surface area contributed by atoms with Crippen LogP contribution in [-0.2, 0) is 14.3 Å². The number of halogens is 2. The molecule has 2 heterocycles. The van der Waals surface area contributed by atoms with Crippen LogP contribution in [0.3, 0.4) is 0 Å². The molecule has 2 aliphatic rings. The Balaban J connectivity index is 1.82. The number of hydrogen-bond acceptors (Lipinski definition) is 7. The first kappa shape index (κ1) is 22.0. The number of Topliss-reactive ketones (excluding diaryl/α,β-unsaturated/α-hetero) is 1. The van der Waals surface area contributed by atoms with E-state index >= 15 is 0 Å². The molecule has 1 amide bonds. The number of ketones is 1. The van der Waals surface area contributed by atoms with Gasteiger partial charge in [-0.15, -0.1) is 0 Å². The minimum atomic E-state index is -0.811. The molecule has 10 heteroatoms. The van der Waals surface area contributed by atoms with E-state index in [4.69, 9.17) is 16.3 Å². The number of rotatable bonds is 8. The lowest BCUT2D eigenvalue weighted by molar-refractivity contribution is -0.138. The molecule has 1 atom stereocenters. The van der Waals surface area contributed by atoms with Crippen LogP contribution >= 0.6 is 11.6 Å². The monoisotopic (exact) mass is 438 g/mol. The van der Waals surface area contributed by atoms with Crippen molar-refractivity contribution in [3.8, 4) is 0 Å². The van der Waals surface area contributed by atoms with Gasteiger partial charge in [0, 0.05) is 38.3 Å². The van der Waals surface area contributed by atoms with Crippen LogP contribution < -0.4 is 15.5 Å². The van der Waals surface area contributed by atoms with Gasteiger partial charge >= 0.3 is 5.97 Å². The van der Waals surface area contributed by atoms with Crippen LogP contribution in [0.1, 0.15) is 43.5 Å². The van der Waals surface area contributed by atoms with Gasteiger partial charge in [-0.3, -0.25) is 9.59 Å². The summed E-state index contributed by atoms with van der Waals surface area (Å²) in [5.74, 6) is -2.46. The molecule has 0 spiro atoms. The van der Waals surface area contributed by atoms with Crippen LogP contribution in [0.2, 0.25) is 5.15 Å². The van der Waals surface area contributed by atoms with E-state index in [1.165, 1.54) is 13.1 Å². The third-order valence-electron chi connectivity index (χ3n) is 4.83. The van der Waals surface area contributed by atoms with Gasteiger partial charge < -0.3 is 20.3 Å². The van der Waals surface area contributed by atoms with Gasteiger partial charge in [-0.25, -0.2) is 14.2 Å². The molecule has 162 valence electrons. The molecule has 1 aliphatic carbocycles. The van der Waals surface area contributed by atoms with Crippen LogP contribution in [0.4, 0.5) is 10.2 Å². The van der Waals surface area contributed by atoms with Crippen LogP contribution in [0.15, 0.2) is 17.8 Å². The molecule has 1 saturated carbocycles. The van der Waals surface area contributed by atoms with Crippen molar-refractivity contribution in [2.24, 2.45) is 0 Å². The lowest BCUT2D eigenvalue weighted by Crippen LogP contribution is -2.36. The SMILES string of the molecule is CCOC(=O)C(=CNC1CC1)C(=O)c1cc(F)c(N2CCC(NC(C)=O)C2)nc1Cl. The maximum absolute atomic E-state index is 14.8. The van der Waals surface area contributed by atoms with E-state index in [-0.39, 0.29) is 46.7 Å². The Morgan fingerprint density at radius 1 is 1.33 bits per heavy atom. The summed E-state index contributed by atoms with van der Waals surface area (Å²) in [6.07, 6.45) is 3.84. The summed E-state index contributed by atoms with van der Waals surface area (Å²) < 4.78 is 19.8. The van der Waals surface area contributed by atoms with Gasteiger partial charge in [-0.05, 0) is 32.3 Å². The normalized spacial score (nSPS) is 18.9. The Kier molecular flexibility index (Phi) is 6.91. The fraction of sp³-hybridized carbons (Fsp3) is 0.500. The fourth-order valence-electron chi connectivity index (χ4n) is 3.22. The quantitative estimate of drug-likeness (QED) is 0.160. The summed E-state index contributed by atoms with van der Waals surface area (Å²) in [6, 6.07) is 1.08. The first-order valence-electron chi connectivity index (χ1n) is 9.86. The first-order chi connectivity index (χ1) is 14.3. The largest absolute Gasteiger partial charge is 0.462 e. The molecular formula is C20H24ClFN4O4. The second-order valence-corrected chi connectivity index (χ2v) is 7.67. The summed E-state index contributed by atoms with van der Waals surface area (Å²) >= 11 is 6.20. The fourth-order valence-corrected chi connectivity index (χ4v) is 3.44. The summed E-state index contributed by atoms with van der Waals surface area (Å²) in [5, 5.41) is 5.56. The average molecular weight is 439 g/mol. The molecule has 8 nitrogen and oxygen atoms in total. The van der Waals surface area contributed by atoms with E-state index in [9.17, 15) is 18.8 Å². The summed E-state index contributed by atoms with van der Waals surface area (Å²) in [7, 11) is 0. The van der Waals surface area contributed by atoms with E-state index in [0.29, 0.717) is 19.5 Å². The number of esters is 1. The van der Waals surface area contributed by atoms with Crippen molar-refractivity contribution in [2.45, 2.75) is 45.2 Å². The number of pyridine rings is 1. The topological polar surface area (TPSA) is 101 Å². The summed E-state index contributed by atoms with van der Waals surface area (Å²) in [5.41, 5.74) is -0.473. The zero-order valence-corrected chi connectivity index (χ0v) is 17.6. The van der Waals surface area contributed by atoms with Crippen molar-refractivity contribution in [3.05, 3.63) is 34.4 Å². The molecule has 2 N–H and O–H groups in total. The first-order valence-corrected chi connectivity index (χ1v) is 10.2. The molecule has 0 bridgehead atoms. The number of nitrogens with zero attached hydrogens (tertiary/aromatic N) is 2. The Morgan fingerprint density at radius 2 is 2.07 bits per heavy atom. The van der Waals surface area contributed by atoms with Gasteiger partial charge in [-0.1, -0.05) is 11.6 Å². The van der Waals surface area contributed by atoms with Gasteiger partial charge in [0.25, 0.3) is 0 Å². The molecule has 1 aromatic heterocycles. The summed E-state index contributed by atoms with van der Waals surface area (Å²) in [4.78, 5) is 42.1. The second-order valence-electron chi connectivity index (χ2n) is 7.31. The highest BCUT2D eigenvalue weighted by Crippen LogP contribution is 2.28. The highest BCUT2D eigenvalue weighted by Gasteiger charge is 2.30. The average Bonchev–Trinajstić information content (AvgIpc) is 3.40. The molecule has 1 aliphatic heterocycles. The van der Waals surface area contributed by atoms with E-state index in [2.05, 4.69) is 15.6 Å². The number of ether oxygens (including phenoxy) is 1. The second kappa shape index (κ2) is 9.42. The number of carbonyl (C=O) groups excluding carboxylic acids is 3. The number of nitrogens with one attached hydrogen (secondary N) is 2. The zero-order chi connectivity index (χ0) is 21.8. The maximum atomic E-state index is 14.8. The lowest BCUT2D eigenvalue weighted by Gasteiger charge is -2.19. The molecule has 1 unspecified atom stereocenters. The van der Waals surface area contributed by atoms with E-state index in [0.717, 1.165) is 18.9 Å². The third-order valence-corrected chi connectivity index (χ3v) is 5.12. The van der Waals surface area contributed by atoms with Crippen molar-refractivity contribution >= 4 is 35.1 Å². The predicted octanol–water partition coefficient (Wildman–Crippen LogP) is 1.97. The zero-order valence-electron chi connectivity index (χ0n) is 16.8. The Morgan fingerprint density at radius 3 is 2.70 bits per heavy atom. The van der Waals surface area contributed by atoms with Crippen molar-refractivity contribution < 1.29 is 23.5 Å².